The highest BCUT2D eigenvalue weighted by atomic mass is 16.5. The third kappa shape index (κ3) is 5.82. The van der Waals surface area contributed by atoms with Crippen LogP contribution in [0, 0.1) is 6.92 Å². The summed E-state index contributed by atoms with van der Waals surface area (Å²) in [5, 5.41) is 5.56. The van der Waals surface area contributed by atoms with Gasteiger partial charge in [-0.1, -0.05) is 6.07 Å². The van der Waals surface area contributed by atoms with Gasteiger partial charge in [-0.3, -0.25) is 0 Å². The molecule has 1 aromatic carbocycles. The number of aryl methyl sites for hydroxylation is 1. The molecule has 2 amide bonds. The number of nitrogens with one attached hydrogen (secondary N) is 2. The molecule has 0 saturated carbocycles. The Labute approximate surface area is 120 Å². The molecule has 0 aliphatic heterocycles. The van der Waals surface area contributed by atoms with Gasteiger partial charge in [0.2, 0.25) is 0 Å². The fraction of sp³-hybridized carbons (Fsp3) is 0.533. The molecule has 0 spiro atoms. The summed E-state index contributed by atoms with van der Waals surface area (Å²) >= 11 is 0. The van der Waals surface area contributed by atoms with Crippen LogP contribution in [0.4, 0.5) is 4.79 Å². The largest absolute Gasteiger partial charge is 0.493 e. The van der Waals surface area contributed by atoms with Gasteiger partial charge < -0.3 is 20.1 Å². The van der Waals surface area contributed by atoms with E-state index in [0.29, 0.717) is 24.7 Å². The number of hydrogen-bond acceptors (Lipinski definition) is 3. The van der Waals surface area contributed by atoms with Crippen molar-refractivity contribution in [2.24, 2.45) is 0 Å². The molecule has 2 N–H and O–H groups in total. The lowest BCUT2D eigenvalue weighted by Gasteiger charge is -2.20. The molecule has 20 heavy (non-hydrogen) atoms. The molecule has 0 aromatic heterocycles. The number of carbonyl (C=O) groups is 1. The first-order chi connectivity index (χ1) is 9.31. The quantitative estimate of drug-likeness (QED) is 0.815. The normalized spacial score (nSPS) is 10.8. The smallest absolute Gasteiger partial charge is 0.315 e. The third-order valence-electron chi connectivity index (χ3n) is 2.45. The lowest BCUT2D eigenvalue weighted by molar-refractivity contribution is 0.227. The van der Waals surface area contributed by atoms with E-state index in [1.807, 2.05) is 45.9 Å². The van der Waals surface area contributed by atoms with Crippen LogP contribution in [0.3, 0.4) is 0 Å². The van der Waals surface area contributed by atoms with Crippen molar-refractivity contribution in [3.05, 3.63) is 23.8 Å². The van der Waals surface area contributed by atoms with Gasteiger partial charge >= 0.3 is 6.03 Å². The summed E-state index contributed by atoms with van der Waals surface area (Å²) in [5.41, 5.74) is 0.863. The van der Waals surface area contributed by atoms with Crippen LogP contribution in [0.25, 0.3) is 0 Å². The van der Waals surface area contributed by atoms with Crippen molar-refractivity contribution in [2.45, 2.75) is 33.2 Å². The molecule has 0 heterocycles. The number of methoxy groups -OCH3 is 1. The summed E-state index contributed by atoms with van der Waals surface area (Å²) in [7, 11) is 1.61. The zero-order valence-corrected chi connectivity index (χ0v) is 12.9. The Morgan fingerprint density at radius 1 is 1.25 bits per heavy atom. The Balaban J connectivity index is 2.36. The number of rotatable bonds is 5. The summed E-state index contributed by atoms with van der Waals surface area (Å²) in [6.45, 7) is 8.60. The fourth-order valence-electron chi connectivity index (χ4n) is 1.60. The van der Waals surface area contributed by atoms with E-state index in [2.05, 4.69) is 10.6 Å². The number of hydrogen-bond donors (Lipinski definition) is 2. The standard InChI is InChI=1S/C15H24N2O3/c1-11-6-7-12(13(10-11)19-5)20-9-8-16-14(18)17-15(2,3)4/h6-7,10H,8-9H2,1-5H3,(H2,16,17,18). The van der Waals surface area contributed by atoms with Crippen molar-refractivity contribution in [2.75, 3.05) is 20.3 Å². The maximum Gasteiger partial charge on any atom is 0.315 e. The lowest BCUT2D eigenvalue weighted by Crippen LogP contribution is -2.47. The summed E-state index contributed by atoms with van der Waals surface area (Å²) < 4.78 is 10.8. The highest BCUT2D eigenvalue weighted by Crippen LogP contribution is 2.27. The summed E-state index contributed by atoms with van der Waals surface area (Å²) in [4.78, 5) is 11.5. The van der Waals surface area contributed by atoms with Gasteiger partial charge in [-0.05, 0) is 45.4 Å². The predicted molar refractivity (Wildman–Crippen MR) is 79.5 cm³/mol. The van der Waals surface area contributed by atoms with Crippen LogP contribution < -0.4 is 20.1 Å². The minimum Gasteiger partial charge on any atom is -0.493 e. The van der Waals surface area contributed by atoms with Gasteiger partial charge in [0.15, 0.2) is 11.5 Å². The van der Waals surface area contributed by atoms with Crippen molar-refractivity contribution in [3.63, 3.8) is 0 Å². The molecule has 0 fully saturated rings. The van der Waals surface area contributed by atoms with Crippen molar-refractivity contribution in [3.8, 4) is 11.5 Å². The van der Waals surface area contributed by atoms with Gasteiger partial charge in [-0.2, -0.15) is 0 Å². The van der Waals surface area contributed by atoms with Gasteiger partial charge in [0.1, 0.15) is 6.61 Å². The van der Waals surface area contributed by atoms with Crippen LogP contribution in [-0.4, -0.2) is 31.8 Å². The second-order valence-electron chi connectivity index (χ2n) is 5.63. The zero-order chi connectivity index (χ0) is 15.2. The number of benzene rings is 1. The first kappa shape index (κ1) is 16.1. The Morgan fingerprint density at radius 3 is 2.55 bits per heavy atom. The van der Waals surface area contributed by atoms with Crippen molar-refractivity contribution >= 4 is 6.03 Å². The predicted octanol–water partition coefficient (Wildman–Crippen LogP) is 2.48. The SMILES string of the molecule is COc1cc(C)ccc1OCCNC(=O)NC(C)(C)C. The van der Waals surface area contributed by atoms with Crippen molar-refractivity contribution in [1.82, 2.24) is 10.6 Å². The Morgan fingerprint density at radius 2 is 1.95 bits per heavy atom. The number of urea groups is 1. The maximum atomic E-state index is 11.5. The van der Waals surface area contributed by atoms with Crippen molar-refractivity contribution in [1.29, 1.82) is 0 Å². The van der Waals surface area contributed by atoms with E-state index in [1.165, 1.54) is 0 Å². The Kier molecular flexibility index (Phi) is 5.67. The average Bonchev–Trinajstić information content (AvgIpc) is 2.33. The van der Waals surface area contributed by atoms with Crippen LogP contribution in [0.2, 0.25) is 0 Å². The molecule has 0 bridgehead atoms. The van der Waals surface area contributed by atoms with E-state index in [9.17, 15) is 4.79 Å². The molecule has 5 nitrogen and oxygen atoms in total. The third-order valence-corrected chi connectivity index (χ3v) is 2.45. The van der Waals surface area contributed by atoms with Crippen LogP contribution in [0.5, 0.6) is 11.5 Å². The molecule has 0 aliphatic rings. The van der Waals surface area contributed by atoms with Gasteiger partial charge in [0.25, 0.3) is 0 Å². The first-order valence-electron chi connectivity index (χ1n) is 6.65. The zero-order valence-electron chi connectivity index (χ0n) is 12.9. The minimum absolute atomic E-state index is 0.197. The molecule has 112 valence electrons. The molecular formula is C15H24N2O3. The summed E-state index contributed by atoms with van der Waals surface area (Å²) in [5.74, 6) is 1.38. The van der Waals surface area contributed by atoms with Crippen LogP contribution >= 0.6 is 0 Å². The summed E-state index contributed by atoms with van der Waals surface area (Å²) in [6, 6.07) is 5.53. The second-order valence-corrected chi connectivity index (χ2v) is 5.63. The van der Waals surface area contributed by atoms with Gasteiger partial charge in [0.05, 0.1) is 13.7 Å². The molecule has 1 rings (SSSR count). The maximum absolute atomic E-state index is 11.5. The second kappa shape index (κ2) is 7.03. The van der Waals surface area contributed by atoms with Gasteiger partial charge in [-0.25, -0.2) is 4.79 Å². The molecule has 0 atom stereocenters. The summed E-state index contributed by atoms with van der Waals surface area (Å²) in [6.07, 6.45) is 0. The highest BCUT2D eigenvalue weighted by molar-refractivity contribution is 5.74. The molecule has 0 unspecified atom stereocenters. The molecule has 5 heteroatoms. The first-order valence-corrected chi connectivity index (χ1v) is 6.65. The van der Waals surface area contributed by atoms with Gasteiger partial charge in [0, 0.05) is 5.54 Å². The lowest BCUT2D eigenvalue weighted by atomic mass is 10.1. The Bertz CT molecular complexity index is 453. The average molecular weight is 280 g/mol. The fourth-order valence-corrected chi connectivity index (χ4v) is 1.60. The van der Waals surface area contributed by atoms with Crippen molar-refractivity contribution < 1.29 is 14.3 Å². The highest BCUT2D eigenvalue weighted by Gasteiger charge is 2.12. The van der Waals surface area contributed by atoms with E-state index in [1.54, 1.807) is 7.11 Å². The van der Waals surface area contributed by atoms with Crippen LogP contribution in [-0.2, 0) is 0 Å². The molecular weight excluding hydrogens is 256 g/mol. The van der Waals surface area contributed by atoms with E-state index in [4.69, 9.17) is 9.47 Å². The van der Waals surface area contributed by atoms with E-state index in [0.717, 1.165) is 5.56 Å². The van der Waals surface area contributed by atoms with E-state index < -0.39 is 0 Å². The molecule has 1 aromatic rings. The molecule has 0 aliphatic carbocycles. The Hall–Kier alpha value is -1.91. The minimum atomic E-state index is -0.245. The monoisotopic (exact) mass is 280 g/mol. The van der Waals surface area contributed by atoms with Crippen LogP contribution in [0.15, 0.2) is 18.2 Å². The van der Waals surface area contributed by atoms with Gasteiger partial charge in [-0.15, -0.1) is 0 Å². The molecule has 0 saturated heterocycles. The number of ether oxygens (including phenoxy) is 2. The van der Waals surface area contributed by atoms with E-state index >= 15 is 0 Å². The van der Waals surface area contributed by atoms with E-state index in [-0.39, 0.29) is 11.6 Å². The topological polar surface area (TPSA) is 59.6 Å². The number of carbonyl (C=O) groups excluding carboxylic acids is 1. The molecule has 0 radical (unpaired) electrons. The van der Waals surface area contributed by atoms with Crippen LogP contribution in [0.1, 0.15) is 26.3 Å². The number of amides is 2.